The van der Waals surface area contributed by atoms with Crippen LogP contribution in [0.25, 0.3) is 0 Å². The molecule has 0 aliphatic carbocycles. The molecule has 0 saturated carbocycles. The van der Waals surface area contributed by atoms with Gasteiger partial charge in [0.25, 0.3) is 6.43 Å². The monoisotopic (exact) mass is 162 g/mol. The minimum Gasteiger partial charge on any atom is -0.321 e. The van der Waals surface area contributed by atoms with Gasteiger partial charge in [0.05, 0.1) is 11.9 Å². The molecule has 0 aliphatic heterocycles. The van der Waals surface area contributed by atoms with Crippen LogP contribution in [0.2, 0.25) is 0 Å². The van der Waals surface area contributed by atoms with Crippen molar-refractivity contribution in [2.24, 2.45) is 5.84 Å². The van der Waals surface area contributed by atoms with Gasteiger partial charge < -0.3 is 5.43 Å². The Morgan fingerprint density at radius 2 is 2.45 bits per heavy atom. The zero-order chi connectivity index (χ0) is 8.27. The van der Waals surface area contributed by atoms with Crippen molar-refractivity contribution >= 4 is 5.69 Å². The minimum atomic E-state index is -2.39. The van der Waals surface area contributed by atoms with E-state index in [1.807, 2.05) is 0 Å². The molecule has 0 aromatic carbocycles. The largest absolute Gasteiger partial charge is 0.321 e. The summed E-state index contributed by atoms with van der Waals surface area (Å²) in [6.45, 7) is -0.401. The first-order valence-corrected chi connectivity index (χ1v) is 2.99. The summed E-state index contributed by atoms with van der Waals surface area (Å²) < 4.78 is 24.6. The third-order valence-corrected chi connectivity index (χ3v) is 1.12. The lowest BCUT2D eigenvalue weighted by atomic mass is 10.6. The molecule has 0 radical (unpaired) electrons. The van der Waals surface area contributed by atoms with Crippen LogP contribution in [-0.4, -0.2) is 16.2 Å². The van der Waals surface area contributed by atoms with Crippen molar-refractivity contribution in [1.29, 1.82) is 0 Å². The first kappa shape index (κ1) is 7.93. The summed E-state index contributed by atoms with van der Waals surface area (Å²) in [5, 5.41) is 3.62. The maximum absolute atomic E-state index is 11.7. The van der Waals surface area contributed by atoms with Crippen LogP contribution in [0.15, 0.2) is 12.4 Å². The van der Waals surface area contributed by atoms with Gasteiger partial charge in [-0.15, -0.1) is 0 Å². The van der Waals surface area contributed by atoms with E-state index < -0.39 is 13.0 Å². The molecule has 62 valence electrons. The van der Waals surface area contributed by atoms with Gasteiger partial charge in [-0.1, -0.05) is 0 Å². The van der Waals surface area contributed by atoms with Crippen molar-refractivity contribution < 1.29 is 8.78 Å². The molecule has 0 saturated heterocycles. The number of nitrogens with zero attached hydrogens (tertiary/aromatic N) is 2. The van der Waals surface area contributed by atoms with Crippen molar-refractivity contribution in [3.8, 4) is 0 Å². The maximum atomic E-state index is 11.7. The number of nitrogens with two attached hydrogens (primary N) is 1. The van der Waals surface area contributed by atoms with E-state index in [2.05, 4.69) is 10.5 Å². The molecule has 1 rings (SSSR count). The standard InChI is InChI=1S/C5H8F2N4/c6-5(7)3-11-2-4(10-8)1-9-11/h1-2,5,10H,3,8H2. The van der Waals surface area contributed by atoms with E-state index >= 15 is 0 Å². The maximum Gasteiger partial charge on any atom is 0.257 e. The molecular formula is C5H8F2N4. The summed E-state index contributed by atoms with van der Waals surface area (Å²) in [6.07, 6.45) is 0.398. The SMILES string of the molecule is NNc1cnn(CC(F)F)c1. The van der Waals surface area contributed by atoms with Crippen molar-refractivity contribution in [3.05, 3.63) is 12.4 Å². The molecule has 0 bridgehead atoms. The Bertz CT molecular complexity index is 222. The Kier molecular flexibility index (Phi) is 2.37. The van der Waals surface area contributed by atoms with Crippen molar-refractivity contribution in [3.63, 3.8) is 0 Å². The average Bonchev–Trinajstić information content (AvgIpc) is 2.34. The first-order chi connectivity index (χ1) is 5.22. The van der Waals surface area contributed by atoms with Crippen LogP contribution in [0.3, 0.4) is 0 Å². The number of nitrogen functional groups attached to an aromatic ring is 1. The van der Waals surface area contributed by atoms with Gasteiger partial charge in [0.15, 0.2) is 0 Å². The van der Waals surface area contributed by atoms with E-state index in [1.54, 1.807) is 0 Å². The average molecular weight is 162 g/mol. The molecule has 0 spiro atoms. The third kappa shape index (κ3) is 2.15. The Morgan fingerprint density at radius 1 is 1.73 bits per heavy atom. The Labute approximate surface area is 62.0 Å². The van der Waals surface area contributed by atoms with Gasteiger partial charge in [0.2, 0.25) is 0 Å². The summed E-state index contributed by atoms with van der Waals surface area (Å²) in [5.41, 5.74) is 2.81. The highest BCUT2D eigenvalue weighted by Crippen LogP contribution is 2.04. The Balaban J connectivity index is 2.58. The second-order valence-electron chi connectivity index (χ2n) is 1.99. The van der Waals surface area contributed by atoms with E-state index in [4.69, 9.17) is 5.84 Å². The first-order valence-electron chi connectivity index (χ1n) is 2.99. The number of aromatic nitrogens is 2. The van der Waals surface area contributed by atoms with E-state index in [0.29, 0.717) is 5.69 Å². The third-order valence-electron chi connectivity index (χ3n) is 1.12. The topological polar surface area (TPSA) is 55.9 Å². The van der Waals surface area contributed by atoms with Crippen LogP contribution in [0.5, 0.6) is 0 Å². The van der Waals surface area contributed by atoms with E-state index in [1.165, 1.54) is 12.4 Å². The molecular weight excluding hydrogens is 154 g/mol. The van der Waals surface area contributed by atoms with Crippen molar-refractivity contribution in [1.82, 2.24) is 9.78 Å². The second-order valence-corrected chi connectivity index (χ2v) is 1.99. The highest BCUT2D eigenvalue weighted by atomic mass is 19.3. The van der Waals surface area contributed by atoms with Crippen LogP contribution in [0.4, 0.5) is 14.5 Å². The Morgan fingerprint density at radius 3 is 2.91 bits per heavy atom. The molecule has 0 aliphatic rings. The minimum absolute atomic E-state index is 0.401. The summed E-state index contributed by atoms with van der Waals surface area (Å²) in [6, 6.07) is 0. The van der Waals surface area contributed by atoms with E-state index in [9.17, 15) is 8.78 Å². The highest BCUT2D eigenvalue weighted by Gasteiger charge is 2.04. The number of hydrogen-bond donors (Lipinski definition) is 2. The zero-order valence-electron chi connectivity index (χ0n) is 5.67. The van der Waals surface area contributed by atoms with Gasteiger partial charge in [0, 0.05) is 6.20 Å². The van der Waals surface area contributed by atoms with E-state index in [-0.39, 0.29) is 0 Å². The number of nitrogens with one attached hydrogen (secondary N) is 1. The quantitative estimate of drug-likeness (QED) is 0.500. The lowest BCUT2D eigenvalue weighted by Gasteiger charge is -1.97. The number of anilines is 1. The van der Waals surface area contributed by atoms with Crippen LogP contribution in [0, 0.1) is 0 Å². The summed E-state index contributed by atoms with van der Waals surface area (Å²) >= 11 is 0. The number of rotatable bonds is 3. The molecule has 0 fully saturated rings. The molecule has 1 aromatic heterocycles. The van der Waals surface area contributed by atoms with Gasteiger partial charge in [-0.2, -0.15) is 5.10 Å². The number of hydrogen-bond acceptors (Lipinski definition) is 3. The molecule has 6 heteroatoms. The number of alkyl halides is 2. The van der Waals surface area contributed by atoms with Crippen molar-refractivity contribution in [2.45, 2.75) is 13.0 Å². The second kappa shape index (κ2) is 3.29. The van der Waals surface area contributed by atoms with Crippen molar-refractivity contribution in [2.75, 3.05) is 5.43 Å². The fraction of sp³-hybridized carbons (Fsp3) is 0.400. The zero-order valence-corrected chi connectivity index (χ0v) is 5.67. The molecule has 0 amide bonds. The summed E-state index contributed by atoms with van der Waals surface area (Å²) in [5.74, 6) is 5.00. The lowest BCUT2D eigenvalue weighted by molar-refractivity contribution is 0.122. The molecule has 1 heterocycles. The van der Waals surface area contributed by atoms with Gasteiger partial charge in [-0.3, -0.25) is 10.5 Å². The predicted octanol–water partition coefficient (Wildman–Crippen LogP) is 0.434. The summed E-state index contributed by atoms with van der Waals surface area (Å²) in [7, 11) is 0. The molecule has 0 atom stereocenters. The fourth-order valence-corrected chi connectivity index (χ4v) is 0.679. The number of hydrazine groups is 1. The molecule has 11 heavy (non-hydrogen) atoms. The van der Waals surface area contributed by atoms with E-state index in [0.717, 1.165) is 4.68 Å². The molecule has 0 unspecified atom stereocenters. The van der Waals surface area contributed by atoms with Gasteiger partial charge in [0.1, 0.15) is 6.54 Å². The fourth-order valence-electron chi connectivity index (χ4n) is 0.679. The van der Waals surface area contributed by atoms with Gasteiger partial charge in [-0.25, -0.2) is 8.78 Å². The molecule has 3 N–H and O–H groups in total. The van der Waals surface area contributed by atoms with Gasteiger partial charge in [-0.05, 0) is 0 Å². The van der Waals surface area contributed by atoms with Gasteiger partial charge >= 0.3 is 0 Å². The lowest BCUT2D eigenvalue weighted by Crippen LogP contribution is -2.07. The predicted molar refractivity (Wildman–Crippen MR) is 36.0 cm³/mol. The highest BCUT2D eigenvalue weighted by molar-refractivity contribution is 5.35. The van der Waals surface area contributed by atoms with Crippen LogP contribution in [0.1, 0.15) is 0 Å². The van der Waals surface area contributed by atoms with Crippen LogP contribution in [-0.2, 0) is 6.54 Å². The summed E-state index contributed by atoms with van der Waals surface area (Å²) in [4.78, 5) is 0. The molecule has 1 aromatic rings. The van der Waals surface area contributed by atoms with Crippen LogP contribution >= 0.6 is 0 Å². The van der Waals surface area contributed by atoms with Crippen LogP contribution < -0.4 is 11.3 Å². The molecule has 4 nitrogen and oxygen atoms in total. The smallest absolute Gasteiger partial charge is 0.257 e. The number of halogens is 2. The Hall–Kier alpha value is -1.17. The normalized spacial score (nSPS) is 10.5.